The number of rotatable bonds is 2. The van der Waals surface area contributed by atoms with Gasteiger partial charge in [-0.1, -0.05) is 0 Å². The van der Waals surface area contributed by atoms with Crippen LogP contribution in [-0.4, -0.2) is 29.2 Å². The minimum absolute atomic E-state index is 0.153. The summed E-state index contributed by atoms with van der Waals surface area (Å²) in [5.41, 5.74) is 0. The average molecular weight is 195 g/mol. The third-order valence-corrected chi connectivity index (χ3v) is 2.66. The molecule has 1 aromatic heterocycles. The van der Waals surface area contributed by atoms with Crippen molar-refractivity contribution in [2.75, 3.05) is 13.1 Å². The predicted molar refractivity (Wildman–Crippen MR) is 54.0 cm³/mol. The zero-order valence-corrected chi connectivity index (χ0v) is 8.57. The summed E-state index contributed by atoms with van der Waals surface area (Å²) >= 11 is 0. The van der Waals surface area contributed by atoms with Gasteiger partial charge in [0.15, 0.2) is 0 Å². The molecule has 3 nitrogen and oxygen atoms in total. The molecule has 0 aromatic carbocycles. The minimum atomic E-state index is -0.153. The number of β-amino-alcohol motifs (C(OH)–C–C–N with tert-alkyl or cyclic N) is 1. The summed E-state index contributed by atoms with van der Waals surface area (Å²) in [4.78, 5) is 2.24. The van der Waals surface area contributed by atoms with E-state index in [2.05, 4.69) is 4.90 Å². The fourth-order valence-corrected chi connectivity index (χ4v) is 1.97. The molecule has 1 atom stereocenters. The van der Waals surface area contributed by atoms with Gasteiger partial charge in [-0.2, -0.15) is 0 Å². The van der Waals surface area contributed by atoms with Crippen LogP contribution in [0.15, 0.2) is 16.5 Å². The Bertz CT molecular complexity index is 295. The van der Waals surface area contributed by atoms with Crippen LogP contribution in [0.2, 0.25) is 0 Å². The van der Waals surface area contributed by atoms with Crippen molar-refractivity contribution in [3.8, 4) is 0 Å². The van der Waals surface area contributed by atoms with Gasteiger partial charge in [0, 0.05) is 6.54 Å². The molecule has 1 aromatic rings. The minimum Gasteiger partial charge on any atom is -0.465 e. The Hall–Kier alpha value is -0.800. The first kappa shape index (κ1) is 9.74. The molecule has 0 aliphatic carbocycles. The molecule has 1 aliphatic heterocycles. The third kappa shape index (κ3) is 2.36. The van der Waals surface area contributed by atoms with Crippen molar-refractivity contribution in [2.45, 2.75) is 32.4 Å². The molecule has 1 unspecified atom stereocenters. The largest absolute Gasteiger partial charge is 0.465 e. The molecule has 78 valence electrons. The maximum atomic E-state index is 9.49. The number of nitrogens with zero attached hydrogens (tertiary/aromatic N) is 1. The van der Waals surface area contributed by atoms with Crippen LogP contribution in [0.25, 0.3) is 0 Å². The molecule has 0 saturated carbocycles. The quantitative estimate of drug-likeness (QED) is 0.777. The summed E-state index contributed by atoms with van der Waals surface area (Å²) in [5, 5.41) is 9.49. The molecule has 1 aliphatic rings. The van der Waals surface area contributed by atoms with Gasteiger partial charge in [-0.25, -0.2) is 0 Å². The lowest BCUT2D eigenvalue weighted by atomic mass is 10.1. The van der Waals surface area contributed by atoms with Crippen molar-refractivity contribution in [1.82, 2.24) is 4.90 Å². The van der Waals surface area contributed by atoms with Crippen molar-refractivity contribution in [2.24, 2.45) is 0 Å². The van der Waals surface area contributed by atoms with Crippen LogP contribution in [0.3, 0.4) is 0 Å². The Kier molecular flexibility index (Phi) is 2.89. The number of hydrogen-bond donors (Lipinski definition) is 1. The molecule has 1 fully saturated rings. The van der Waals surface area contributed by atoms with E-state index in [0.717, 1.165) is 44.0 Å². The molecule has 1 N–H and O–H groups in total. The van der Waals surface area contributed by atoms with Crippen molar-refractivity contribution < 1.29 is 9.52 Å². The highest BCUT2D eigenvalue weighted by molar-refractivity contribution is 5.05. The standard InChI is InChI=1S/C11H17NO2/c1-9-4-5-11(14-9)8-12-6-2-3-10(13)7-12/h4-5,10,13H,2-3,6-8H2,1H3. The van der Waals surface area contributed by atoms with E-state index in [4.69, 9.17) is 4.42 Å². The monoisotopic (exact) mass is 195 g/mol. The first-order valence-corrected chi connectivity index (χ1v) is 5.20. The van der Waals surface area contributed by atoms with Crippen molar-refractivity contribution in [3.63, 3.8) is 0 Å². The Morgan fingerprint density at radius 1 is 1.57 bits per heavy atom. The Balaban J connectivity index is 1.90. The Morgan fingerprint density at radius 3 is 3.07 bits per heavy atom. The second-order valence-corrected chi connectivity index (χ2v) is 4.04. The molecule has 0 radical (unpaired) electrons. The van der Waals surface area contributed by atoms with Crippen molar-refractivity contribution in [3.05, 3.63) is 23.7 Å². The summed E-state index contributed by atoms with van der Waals surface area (Å²) in [7, 11) is 0. The molecule has 0 bridgehead atoms. The van der Waals surface area contributed by atoms with Gasteiger partial charge < -0.3 is 9.52 Å². The first-order chi connectivity index (χ1) is 6.74. The number of piperidine rings is 1. The summed E-state index contributed by atoms with van der Waals surface area (Å²) in [6.45, 7) is 4.62. The van der Waals surface area contributed by atoms with Crippen LogP contribution in [0.5, 0.6) is 0 Å². The van der Waals surface area contributed by atoms with E-state index in [1.54, 1.807) is 0 Å². The molecular weight excluding hydrogens is 178 g/mol. The van der Waals surface area contributed by atoms with Gasteiger partial charge in [0.05, 0.1) is 12.6 Å². The maximum Gasteiger partial charge on any atom is 0.118 e. The number of aryl methyl sites for hydroxylation is 1. The van der Waals surface area contributed by atoms with E-state index in [9.17, 15) is 5.11 Å². The lowest BCUT2D eigenvalue weighted by Gasteiger charge is -2.29. The summed E-state index contributed by atoms with van der Waals surface area (Å²) in [5.74, 6) is 1.95. The number of furan rings is 1. The van der Waals surface area contributed by atoms with Gasteiger partial charge in [-0.15, -0.1) is 0 Å². The van der Waals surface area contributed by atoms with Gasteiger partial charge in [0.2, 0.25) is 0 Å². The second-order valence-electron chi connectivity index (χ2n) is 4.04. The maximum absolute atomic E-state index is 9.49. The normalized spacial score (nSPS) is 24.0. The lowest BCUT2D eigenvalue weighted by molar-refractivity contribution is 0.0632. The molecular formula is C11H17NO2. The van der Waals surface area contributed by atoms with Gasteiger partial charge in [0.25, 0.3) is 0 Å². The van der Waals surface area contributed by atoms with Crippen LogP contribution < -0.4 is 0 Å². The number of hydrogen-bond acceptors (Lipinski definition) is 3. The predicted octanol–water partition coefficient (Wildman–Crippen LogP) is 1.54. The zero-order chi connectivity index (χ0) is 9.97. The highest BCUT2D eigenvalue weighted by atomic mass is 16.3. The van der Waals surface area contributed by atoms with Gasteiger partial charge >= 0.3 is 0 Å². The zero-order valence-electron chi connectivity index (χ0n) is 8.57. The Morgan fingerprint density at radius 2 is 2.43 bits per heavy atom. The van der Waals surface area contributed by atoms with Crippen LogP contribution in [-0.2, 0) is 6.54 Å². The summed E-state index contributed by atoms with van der Waals surface area (Å²) in [6.07, 6.45) is 1.87. The van der Waals surface area contributed by atoms with Gasteiger partial charge in [-0.3, -0.25) is 4.90 Å². The molecule has 3 heteroatoms. The van der Waals surface area contributed by atoms with Crippen molar-refractivity contribution in [1.29, 1.82) is 0 Å². The molecule has 0 amide bonds. The lowest BCUT2D eigenvalue weighted by Crippen LogP contribution is -2.37. The first-order valence-electron chi connectivity index (χ1n) is 5.20. The molecule has 2 heterocycles. The Labute approximate surface area is 84.3 Å². The van der Waals surface area contributed by atoms with E-state index in [1.165, 1.54) is 0 Å². The van der Waals surface area contributed by atoms with E-state index < -0.39 is 0 Å². The number of likely N-dealkylation sites (tertiary alicyclic amines) is 1. The average Bonchev–Trinajstić information content (AvgIpc) is 2.51. The summed E-state index contributed by atoms with van der Waals surface area (Å²) in [6, 6.07) is 3.99. The molecule has 2 rings (SSSR count). The fourth-order valence-electron chi connectivity index (χ4n) is 1.97. The highest BCUT2D eigenvalue weighted by Crippen LogP contribution is 2.14. The van der Waals surface area contributed by atoms with E-state index in [-0.39, 0.29) is 6.10 Å². The van der Waals surface area contributed by atoms with Gasteiger partial charge in [0.1, 0.15) is 11.5 Å². The fraction of sp³-hybridized carbons (Fsp3) is 0.636. The van der Waals surface area contributed by atoms with E-state index in [0.29, 0.717) is 0 Å². The topological polar surface area (TPSA) is 36.6 Å². The SMILES string of the molecule is Cc1ccc(CN2CCCC(O)C2)o1. The molecule has 0 spiro atoms. The van der Waals surface area contributed by atoms with Crippen molar-refractivity contribution >= 4 is 0 Å². The van der Waals surface area contributed by atoms with E-state index >= 15 is 0 Å². The molecule has 14 heavy (non-hydrogen) atoms. The number of aliphatic hydroxyl groups is 1. The third-order valence-electron chi connectivity index (χ3n) is 2.66. The van der Waals surface area contributed by atoms with Crippen LogP contribution in [0, 0.1) is 6.92 Å². The molecule has 1 saturated heterocycles. The van der Waals surface area contributed by atoms with Crippen LogP contribution >= 0.6 is 0 Å². The van der Waals surface area contributed by atoms with E-state index in [1.807, 2.05) is 19.1 Å². The van der Waals surface area contributed by atoms with Crippen LogP contribution in [0.4, 0.5) is 0 Å². The second kappa shape index (κ2) is 4.15. The highest BCUT2D eigenvalue weighted by Gasteiger charge is 2.18. The smallest absolute Gasteiger partial charge is 0.118 e. The number of aliphatic hydroxyl groups excluding tert-OH is 1. The van der Waals surface area contributed by atoms with Crippen LogP contribution in [0.1, 0.15) is 24.4 Å². The summed E-state index contributed by atoms with van der Waals surface area (Å²) < 4.78 is 5.50. The van der Waals surface area contributed by atoms with Gasteiger partial charge in [-0.05, 0) is 38.4 Å².